The zero-order chi connectivity index (χ0) is 16.1. The quantitative estimate of drug-likeness (QED) is 0.670. The summed E-state index contributed by atoms with van der Waals surface area (Å²) in [5.41, 5.74) is 9.12. The number of rotatable bonds is 3. The van der Waals surface area contributed by atoms with Crippen LogP contribution in [-0.2, 0) is 0 Å². The lowest BCUT2D eigenvalue weighted by atomic mass is 10.0. The first-order valence-corrected chi connectivity index (χ1v) is 7.77. The van der Waals surface area contributed by atoms with E-state index in [1.807, 2.05) is 6.07 Å². The van der Waals surface area contributed by atoms with Crippen molar-refractivity contribution in [2.45, 2.75) is 18.8 Å². The van der Waals surface area contributed by atoms with Gasteiger partial charge < -0.3 is 15.3 Å². The molecule has 116 valence electrons. The monoisotopic (exact) mass is 327 g/mol. The summed E-state index contributed by atoms with van der Waals surface area (Å²) in [6.07, 6.45) is 2.19. The largest absolute Gasteiger partial charge is 0.478 e. The molecule has 0 radical (unpaired) electrons. The number of furan rings is 1. The van der Waals surface area contributed by atoms with E-state index in [2.05, 4.69) is 0 Å². The third-order valence-electron chi connectivity index (χ3n) is 4.23. The van der Waals surface area contributed by atoms with Crippen LogP contribution in [0, 0.1) is 0 Å². The van der Waals surface area contributed by atoms with Crippen LogP contribution in [0.4, 0.5) is 5.69 Å². The predicted octanol–water partition coefficient (Wildman–Crippen LogP) is 4.91. The summed E-state index contributed by atoms with van der Waals surface area (Å²) in [6.45, 7) is 0. The molecule has 3 N–H and O–H groups in total. The number of carbonyl (C=O) groups is 1. The molecule has 0 spiro atoms. The molecule has 5 heteroatoms. The van der Waals surface area contributed by atoms with Gasteiger partial charge in [0.15, 0.2) is 0 Å². The van der Waals surface area contributed by atoms with Crippen molar-refractivity contribution >= 4 is 34.2 Å². The van der Waals surface area contributed by atoms with E-state index in [1.54, 1.807) is 30.3 Å². The van der Waals surface area contributed by atoms with E-state index in [0.29, 0.717) is 38.9 Å². The fraction of sp³-hybridized carbons (Fsp3) is 0.167. The Morgan fingerprint density at radius 2 is 1.91 bits per heavy atom. The Morgan fingerprint density at radius 3 is 2.52 bits per heavy atom. The minimum absolute atomic E-state index is 0.171. The second-order valence-corrected chi connectivity index (χ2v) is 6.31. The lowest BCUT2D eigenvalue weighted by Gasteiger charge is -2.03. The van der Waals surface area contributed by atoms with E-state index in [1.165, 1.54) is 0 Å². The van der Waals surface area contributed by atoms with Gasteiger partial charge in [-0.05, 0) is 54.7 Å². The Labute approximate surface area is 137 Å². The molecule has 0 aliphatic heterocycles. The molecular formula is C18H14ClNO3. The van der Waals surface area contributed by atoms with Gasteiger partial charge in [0, 0.05) is 27.7 Å². The highest BCUT2D eigenvalue weighted by atomic mass is 35.5. The summed E-state index contributed by atoms with van der Waals surface area (Å²) < 4.78 is 5.82. The van der Waals surface area contributed by atoms with E-state index in [9.17, 15) is 9.90 Å². The zero-order valence-electron chi connectivity index (χ0n) is 12.2. The van der Waals surface area contributed by atoms with Crippen LogP contribution >= 0.6 is 11.6 Å². The van der Waals surface area contributed by atoms with Crippen molar-refractivity contribution < 1.29 is 14.3 Å². The first-order chi connectivity index (χ1) is 11.0. The van der Waals surface area contributed by atoms with E-state index in [0.717, 1.165) is 18.4 Å². The second kappa shape index (κ2) is 5.03. The zero-order valence-corrected chi connectivity index (χ0v) is 12.9. The number of nitrogen functional groups attached to an aromatic ring is 1. The Morgan fingerprint density at radius 1 is 1.22 bits per heavy atom. The van der Waals surface area contributed by atoms with Crippen LogP contribution < -0.4 is 5.73 Å². The van der Waals surface area contributed by atoms with E-state index < -0.39 is 5.97 Å². The maximum atomic E-state index is 11.8. The molecule has 4 rings (SSSR count). The first kappa shape index (κ1) is 14.2. The molecule has 1 aromatic heterocycles. The maximum Gasteiger partial charge on any atom is 0.340 e. The van der Waals surface area contributed by atoms with Crippen molar-refractivity contribution in [1.82, 2.24) is 0 Å². The van der Waals surface area contributed by atoms with E-state index >= 15 is 0 Å². The first-order valence-electron chi connectivity index (χ1n) is 7.39. The Balaban J connectivity index is 1.98. The number of carboxylic acid groups (broad SMARTS) is 1. The van der Waals surface area contributed by atoms with Gasteiger partial charge in [-0.15, -0.1) is 0 Å². The minimum atomic E-state index is -1.01. The van der Waals surface area contributed by atoms with Crippen LogP contribution in [0.2, 0.25) is 5.02 Å². The van der Waals surface area contributed by atoms with Gasteiger partial charge in [-0.25, -0.2) is 4.79 Å². The molecule has 3 aromatic rings. The van der Waals surface area contributed by atoms with Crippen LogP contribution in [-0.4, -0.2) is 11.1 Å². The van der Waals surface area contributed by atoms with Crippen LogP contribution in [0.3, 0.4) is 0 Å². The Hall–Kier alpha value is -2.46. The number of halogens is 1. The third-order valence-corrected chi connectivity index (χ3v) is 4.48. The lowest BCUT2D eigenvalue weighted by molar-refractivity contribution is 0.0699. The van der Waals surface area contributed by atoms with E-state index in [4.69, 9.17) is 21.8 Å². The fourth-order valence-corrected chi connectivity index (χ4v) is 3.07. The Kier molecular flexibility index (Phi) is 3.10. The van der Waals surface area contributed by atoms with Crippen molar-refractivity contribution in [2.24, 2.45) is 0 Å². The number of carboxylic acids is 1. The summed E-state index contributed by atoms with van der Waals surface area (Å²) in [6, 6.07) is 10.5. The maximum absolute atomic E-state index is 11.8. The highest BCUT2D eigenvalue weighted by molar-refractivity contribution is 6.30. The number of fused-ring (bicyclic) bond motifs is 1. The smallest absolute Gasteiger partial charge is 0.340 e. The molecule has 23 heavy (non-hydrogen) atoms. The fourth-order valence-electron chi connectivity index (χ4n) is 2.94. The molecule has 1 saturated carbocycles. The number of benzene rings is 2. The van der Waals surface area contributed by atoms with Gasteiger partial charge in [0.05, 0.1) is 0 Å². The molecule has 4 nitrogen and oxygen atoms in total. The van der Waals surface area contributed by atoms with Gasteiger partial charge in [-0.2, -0.15) is 0 Å². The number of aromatic carboxylic acids is 1. The third kappa shape index (κ3) is 2.35. The average Bonchev–Trinajstić information content (AvgIpc) is 3.28. The van der Waals surface area contributed by atoms with Gasteiger partial charge in [0.25, 0.3) is 0 Å². The molecule has 1 aliphatic rings. The van der Waals surface area contributed by atoms with Gasteiger partial charge in [-0.1, -0.05) is 11.6 Å². The van der Waals surface area contributed by atoms with Gasteiger partial charge in [0.1, 0.15) is 16.9 Å². The number of hydrogen-bond acceptors (Lipinski definition) is 3. The average molecular weight is 328 g/mol. The lowest BCUT2D eigenvalue weighted by Crippen LogP contribution is -1.98. The molecule has 1 fully saturated rings. The topological polar surface area (TPSA) is 76.5 Å². The molecule has 0 amide bonds. The van der Waals surface area contributed by atoms with Crippen LogP contribution in [0.5, 0.6) is 0 Å². The molecular weight excluding hydrogens is 314 g/mol. The van der Waals surface area contributed by atoms with Gasteiger partial charge in [-0.3, -0.25) is 0 Å². The predicted molar refractivity (Wildman–Crippen MR) is 90.0 cm³/mol. The number of nitrogens with two attached hydrogens (primary N) is 1. The summed E-state index contributed by atoms with van der Waals surface area (Å²) >= 11 is 5.90. The van der Waals surface area contributed by atoms with Crippen molar-refractivity contribution in [3.8, 4) is 11.3 Å². The summed E-state index contributed by atoms with van der Waals surface area (Å²) in [5.74, 6) is -0.244. The summed E-state index contributed by atoms with van der Waals surface area (Å²) in [5, 5.41) is 10.8. The molecule has 1 heterocycles. The standard InChI is InChI=1S/C18H14ClNO3/c19-11-5-3-10(4-6-11)17-16(18(21)22)13-7-12(9-1-2-9)14(20)8-15(13)23-17/h3-9H,1-2,20H2,(H,21,22). The highest BCUT2D eigenvalue weighted by Crippen LogP contribution is 2.45. The molecule has 0 saturated heterocycles. The molecule has 2 aromatic carbocycles. The van der Waals surface area contributed by atoms with Crippen LogP contribution in [0.25, 0.3) is 22.3 Å². The Bertz CT molecular complexity index is 924. The van der Waals surface area contributed by atoms with Crippen LogP contribution in [0.15, 0.2) is 40.8 Å². The second-order valence-electron chi connectivity index (χ2n) is 5.87. The van der Waals surface area contributed by atoms with Crippen molar-refractivity contribution in [1.29, 1.82) is 0 Å². The van der Waals surface area contributed by atoms with Gasteiger partial charge in [0.2, 0.25) is 0 Å². The minimum Gasteiger partial charge on any atom is -0.478 e. The van der Waals surface area contributed by atoms with Crippen molar-refractivity contribution in [3.05, 3.63) is 52.5 Å². The molecule has 1 aliphatic carbocycles. The SMILES string of the molecule is Nc1cc2oc(-c3ccc(Cl)cc3)c(C(=O)O)c2cc1C1CC1. The van der Waals surface area contributed by atoms with Crippen LogP contribution in [0.1, 0.15) is 34.7 Å². The highest BCUT2D eigenvalue weighted by Gasteiger charge is 2.28. The molecule has 0 bridgehead atoms. The summed E-state index contributed by atoms with van der Waals surface area (Å²) in [4.78, 5) is 11.8. The summed E-state index contributed by atoms with van der Waals surface area (Å²) in [7, 11) is 0. The van der Waals surface area contributed by atoms with Crippen molar-refractivity contribution in [2.75, 3.05) is 5.73 Å². The molecule has 0 unspecified atom stereocenters. The number of hydrogen-bond donors (Lipinski definition) is 2. The normalized spacial score (nSPS) is 14.3. The van der Waals surface area contributed by atoms with Gasteiger partial charge >= 0.3 is 5.97 Å². The van der Waals surface area contributed by atoms with E-state index in [-0.39, 0.29) is 5.56 Å². The number of anilines is 1. The van der Waals surface area contributed by atoms with Crippen molar-refractivity contribution in [3.63, 3.8) is 0 Å². The molecule has 0 atom stereocenters.